The highest BCUT2D eigenvalue weighted by Crippen LogP contribution is 2.15. The third-order valence-corrected chi connectivity index (χ3v) is 3.04. The monoisotopic (exact) mass is 320 g/mol. The van der Waals surface area contributed by atoms with E-state index < -0.39 is 28.0 Å². The highest BCUT2D eigenvalue weighted by atomic mass is 32.2. The summed E-state index contributed by atoms with van der Waals surface area (Å²) in [4.78, 5) is 11.0. The first-order valence-corrected chi connectivity index (χ1v) is 7.02. The molecule has 0 bridgehead atoms. The molecule has 1 aromatic rings. The molecule has 0 saturated heterocycles. The van der Waals surface area contributed by atoms with E-state index in [1.165, 1.54) is 6.92 Å². The van der Waals surface area contributed by atoms with E-state index in [2.05, 4.69) is 9.89 Å². The van der Waals surface area contributed by atoms with Gasteiger partial charge in [0.2, 0.25) is 0 Å². The molecule has 0 atom stereocenters. The van der Waals surface area contributed by atoms with Crippen molar-refractivity contribution in [1.29, 1.82) is 0 Å². The van der Waals surface area contributed by atoms with Crippen LogP contribution >= 0.6 is 0 Å². The molecule has 1 amide bonds. The summed E-state index contributed by atoms with van der Waals surface area (Å²) in [6.07, 6.45) is -1.16. The Labute approximate surface area is 119 Å². The first-order valence-electron chi connectivity index (χ1n) is 5.53. The Bertz CT molecular complexity index is 661. The molecule has 11 heteroatoms. The normalized spacial score (nSPS) is 11.8. The summed E-state index contributed by atoms with van der Waals surface area (Å²) in [6, 6.07) is 3.00. The van der Waals surface area contributed by atoms with E-state index in [0.717, 1.165) is 18.2 Å². The van der Waals surface area contributed by atoms with Crippen LogP contribution in [0.4, 0.5) is 14.9 Å². The molecule has 9 nitrogen and oxygen atoms in total. The smallest absolute Gasteiger partial charge is 0.422 e. The Kier molecular flexibility index (Phi) is 5.30. The van der Waals surface area contributed by atoms with Crippen molar-refractivity contribution in [3.8, 4) is 0 Å². The van der Waals surface area contributed by atoms with Gasteiger partial charge in [0, 0.05) is 0 Å². The quantitative estimate of drug-likeness (QED) is 0.266. The number of ether oxygens (including phenoxy) is 1. The van der Waals surface area contributed by atoms with Crippen molar-refractivity contribution in [2.45, 2.75) is 6.92 Å². The van der Waals surface area contributed by atoms with Gasteiger partial charge in [-0.05, 0) is 25.1 Å². The summed E-state index contributed by atoms with van der Waals surface area (Å²) in [5.41, 5.74) is 4.83. The van der Waals surface area contributed by atoms with Gasteiger partial charge in [-0.3, -0.25) is 4.72 Å². The lowest BCUT2D eigenvalue weighted by Gasteiger charge is -2.10. The molecule has 0 aliphatic heterocycles. The van der Waals surface area contributed by atoms with E-state index in [0.29, 0.717) is 0 Å². The van der Waals surface area contributed by atoms with Crippen LogP contribution in [0.2, 0.25) is 0 Å². The van der Waals surface area contributed by atoms with Crippen LogP contribution in [0, 0.1) is 5.82 Å². The number of halogens is 1. The molecule has 116 valence electrons. The van der Waals surface area contributed by atoms with E-state index >= 15 is 0 Å². The van der Waals surface area contributed by atoms with Gasteiger partial charge in [0.25, 0.3) is 0 Å². The zero-order valence-corrected chi connectivity index (χ0v) is 11.6. The molecule has 1 rings (SSSR count). The third-order valence-electron chi connectivity index (χ3n) is 2.10. The van der Waals surface area contributed by atoms with Crippen molar-refractivity contribution in [2.24, 2.45) is 10.9 Å². The van der Waals surface area contributed by atoms with Crippen LogP contribution in [0.25, 0.3) is 0 Å². The zero-order chi connectivity index (χ0) is 16.0. The second-order valence-corrected chi connectivity index (χ2v) is 5.02. The van der Waals surface area contributed by atoms with Crippen molar-refractivity contribution in [3.63, 3.8) is 0 Å². The first kappa shape index (κ1) is 16.5. The number of amidine groups is 1. The average molecular weight is 320 g/mol. The Morgan fingerprint density at radius 3 is 2.76 bits per heavy atom. The van der Waals surface area contributed by atoms with Gasteiger partial charge >= 0.3 is 16.3 Å². The number of rotatable bonds is 5. The zero-order valence-electron chi connectivity index (χ0n) is 10.8. The van der Waals surface area contributed by atoms with E-state index in [-0.39, 0.29) is 17.9 Å². The number of hydrogen-bond donors (Lipinski definition) is 4. The second kappa shape index (κ2) is 6.74. The fourth-order valence-electron chi connectivity index (χ4n) is 1.29. The number of anilines is 1. The van der Waals surface area contributed by atoms with Crippen LogP contribution in [0.3, 0.4) is 0 Å². The fraction of sp³-hybridized carbons (Fsp3) is 0.200. The predicted octanol–water partition coefficient (Wildman–Crippen LogP) is 0.323. The number of benzene rings is 1. The van der Waals surface area contributed by atoms with Gasteiger partial charge in [0.15, 0.2) is 5.84 Å². The predicted molar refractivity (Wildman–Crippen MR) is 71.6 cm³/mol. The highest BCUT2D eigenvalue weighted by Gasteiger charge is 2.16. The van der Waals surface area contributed by atoms with Crippen molar-refractivity contribution in [1.82, 2.24) is 4.72 Å². The number of carbonyl (C=O) groups excluding carboxylic acids is 1. The molecular formula is C10H13FN4O5S. The van der Waals surface area contributed by atoms with Gasteiger partial charge < -0.3 is 15.7 Å². The minimum Gasteiger partial charge on any atom is -0.449 e. The third kappa shape index (κ3) is 4.80. The van der Waals surface area contributed by atoms with Crippen LogP contribution in [-0.4, -0.2) is 32.2 Å². The standard InChI is InChI=1S/C10H13FN4O5S/c1-2-20-10(16)15-21(18,19)14-6-3-4-8(11)7(5-6)9(12)13-17/h3-5,14,17H,2H2,1H3,(H2,12,13)(H,15,16). The van der Waals surface area contributed by atoms with Crippen LogP contribution in [0.15, 0.2) is 23.4 Å². The molecule has 21 heavy (non-hydrogen) atoms. The van der Waals surface area contributed by atoms with Crippen LogP contribution in [0.1, 0.15) is 12.5 Å². The number of nitrogens with two attached hydrogens (primary N) is 1. The Balaban J connectivity index is 2.95. The molecular weight excluding hydrogens is 307 g/mol. The van der Waals surface area contributed by atoms with Crippen LogP contribution in [0.5, 0.6) is 0 Å². The van der Waals surface area contributed by atoms with Crippen molar-refractivity contribution in [3.05, 3.63) is 29.6 Å². The van der Waals surface area contributed by atoms with E-state index in [9.17, 15) is 17.6 Å². The molecule has 0 aliphatic carbocycles. The van der Waals surface area contributed by atoms with Gasteiger partial charge in [0.05, 0.1) is 17.9 Å². The lowest BCUT2D eigenvalue weighted by atomic mass is 10.2. The van der Waals surface area contributed by atoms with Crippen molar-refractivity contribution < 1.29 is 27.5 Å². The molecule has 0 fully saturated rings. The fourth-order valence-corrected chi connectivity index (χ4v) is 2.06. The Morgan fingerprint density at radius 1 is 1.52 bits per heavy atom. The average Bonchev–Trinajstić information content (AvgIpc) is 2.39. The molecule has 0 heterocycles. The lowest BCUT2D eigenvalue weighted by Crippen LogP contribution is -2.35. The van der Waals surface area contributed by atoms with Gasteiger partial charge in [0.1, 0.15) is 5.82 Å². The summed E-state index contributed by atoms with van der Waals surface area (Å²) >= 11 is 0. The highest BCUT2D eigenvalue weighted by molar-refractivity contribution is 7.91. The molecule has 0 radical (unpaired) electrons. The van der Waals surface area contributed by atoms with Gasteiger partial charge in [-0.25, -0.2) is 13.9 Å². The molecule has 0 aliphatic rings. The van der Waals surface area contributed by atoms with Crippen LogP contribution < -0.4 is 15.2 Å². The minimum atomic E-state index is -4.26. The summed E-state index contributed by atoms with van der Waals surface area (Å²) < 4.78 is 44.5. The summed E-state index contributed by atoms with van der Waals surface area (Å²) in [5.74, 6) is -1.35. The number of carbonyl (C=O) groups is 1. The van der Waals surface area contributed by atoms with Crippen molar-refractivity contribution in [2.75, 3.05) is 11.3 Å². The maximum Gasteiger partial charge on any atom is 0.422 e. The van der Waals surface area contributed by atoms with Crippen LogP contribution in [-0.2, 0) is 14.9 Å². The molecule has 0 aromatic heterocycles. The molecule has 0 saturated carbocycles. The molecule has 0 spiro atoms. The summed E-state index contributed by atoms with van der Waals surface area (Å²) in [7, 11) is -4.26. The molecule has 0 unspecified atom stereocenters. The number of hydrogen-bond acceptors (Lipinski definition) is 6. The summed E-state index contributed by atoms with van der Waals surface area (Å²) in [6.45, 7) is 1.49. The second-order valence-electron chi connectivity index (χ2n) is 3.61. The molecule has 1 aromatic carbocycles. The minimum absolute atomic E-state index is 0.00839. The maximum absolute atomic E-state index is 13.4. The van der Waals surface area contributed by atoms with Gasteiger partial charge in [-0.1, -0.05) is 5.16 Å². The molecule has 5 N–H and O–H groups in total. The van der Waals surface area contributed by atoms with Gasteiger partial charge in [-0.2, -0.15) is 8.42 Å². The van der Waals surface area contributed by atoms with Gasteiger partial charge in [-0.15, -0.1) is 0 Å². The topological polar surface area (TPSA) is 143 Å². The van der Waals surface area contributed by atoms with Crippen molar-refractivity contribution >= 4 is 27.8 Å². The lowest BCUT2D eigenvalue weighted by molar-refractivity contribution is 0.159. The largest absolute Gasteiger partial charge is 0.449 e. The number of nitrogens with one attached hydrogen (secondary N) is 2. The van der Waals surface area contributed by atoms with E-state index in [1.54, 1.807) is 4.72 Å². The van der Waals surface area contributed by atoms with E-state index in [1.807, 2.05) is 4.72 Å². The maximum atomic E-state index is 13.4. The first-order chi connectivity index (χ1) is 9.79. The van der Waals surface area contributed by atoms with E-state index in [4.69, 9.17) is 10.9 Å². The SMILES string of the molecule is CCOC(=O)NS(=O)(=O)Nc1ccc(F)c(/C(N)=N/O)c1. The Hall–Kier alpha value is -2.56. The number of nitrogens with zero attached hydrogens (tertiary/aromatic N) is 1. The number of amides is 1. The number of oxime groups is 1. The summed E-state index contributed by atoms with van der Waals surface area (Å²) in [5, 5.41) is 11.1. The Morgan fingerprint density at radius 2 is 2.19 bits per heavy atom.